The lowest BCUT2D eigenvalue weighted by Gasteiger charge is -2.35. The average molecular weight is 290 g/mol. The first-order valence-corrected chi connectivity index (χ1v) is 6.76. The number of carbonyl (C=O) groups is 1. The molecule has 1 N–H and O–H groups in total. The number of ketones is 1. The van der Waals surface area contributed by atoms with Gasteiger partial charge in [0.1, 0.15) is 5.75 Å². The minimum atomic E-state index is -0.230. The monoisotopic (exact) mass is 290 g/mol. The van der Waals surface area contributed by atoms with Crippen LogP contribution in [0.15, 0.2) is 35.5 Å². The Labute approximate surface area is 124 Å². The highest BCUT2D eigenvalue weighted by molar-refractivity contribution is 7.80. The normalized spacial score (nSPS) is 18.9. The molecule has 0 bridgehead atoms. The molecule has 0 fully saturated rings. The number of rotatable bonds is 3. The third-order valence-corrected chi connectivity index (χ3v) is 3.95. The summed E-state index contributed by atoms with van der Waals surface area (Å²) < 4.78 is 5.24. The molecule has 1 unspecified atom stereocenters. The fourth-order valence-electron chi connectivity index (χ4n) is 2.36. The number of ether oxygens (including phenoxy) is 1. The number of nitrogens with zero attached hydrogens (tertiary/aromatic N) is 1. The van der Waals surface area contributed by atoms with Crippen LogP contribution >= 0.6 is 12.2 Å². The van der Waals surface area contributed by atoms with Crippen LogP contribution in [0.5, 0.6) is 5.75 Å². The van der Waals surface area contributed by atoms with Crippen LogP contribution < -0.4 is 10.1 Å². The van der Waals surface area contributed by atoms with E-state index < -0.39 is 0 Å². The molecule has 0 spiro atoms. The van der Waals surface area contributed by atoms with Crippen molar-refractivity contribution in [2.24, 2.45) is 0 Å². The number of methoxy groups -OCH3 is 1. The third kappa shape index (κ3) is 2.54. The smallest absolute Gasteiger partial charge is 0.173 e. The van der Waals surface area contributed by atoms with Crippen LogP contribution in [0.3, 0.4) is 0 Å². The number of thiocarbonyl (C=S) groups is 1. The highest BCUT2D eigenvalue weighted by atomic mass is 32.1. The second-order valence-corrected chi connectivity index (χ2v) is 5.16. The van der Waals surface area contributed by atoms with Gasteiger partial charge in [0.2, 0.25) is 0 Å². The van der Waals surface area contributed by atoms with Crippen LogP contribution in [-0.4, -0.2) is 30.0 Å². The van der Waals surface area contributed by atoms with Gasteiger partial charge in [-0.05, 0) is 43.8 Å². The van der Waals surface area contributed by atoms with Crippen molar-refractivity contribution in [2.45, 2.75) is 19.9 Å². The standard InChI is InChI=1S/C15H18N2O2S/c1-9-13(10(2)18)14(16-15(20)17(9)3)11-6-5-7-12(8-11)19-4/h5-8,14H,1-4H3,(H,16,20). The van der Waals surface area contributed by atoms with E-state index in [1.807, 2.05) is 43.1 Å². The zero-order chi connectivity index (χ0) is 14.9. The molecule has 0 radical (unpaired) electrons. The molecule has 1 aromatic carbocycles. The maximum atomic E-state index is 12.0. The molecule has 1 aromatic rings. The van der Waals surface area contributed by atoms with Gasteiger partial charge in [-0.3, -0.25) is 4.79 Å². The molecule has 1 aliphatic rings. The highest BCUT2D eigenvalue weighted by Gasteiger charge is 2.30. The van der Waals surface area contributed by atoms with E-state index in [2.05, 4.69) is 5.32 Å². The van der Waals surface area contributed by atoms with E-state index in [0.717, 1.165) is 22.6 Å². The molecule has 0 aromatic heterocycles. The summed E-state index contributed by atoms with van der Waals surface area (Å²) in [7, 11) is 3.48. The van der Waals surface area contributed by atoms with Crippen LogP contribution in [0, 0.1) is 0 Å². The number of allylic oxidation sites excluding steroid dienone is 1. The molecule has 1 heterocycles. The summed E-state index contributed by atoms with van der Waals surface area (Å²) in [5, 5.41) is 3.83. The molecule has 0 saturated heterocycles. The van der Waals surface area contributed by atoms with Crippen LogP contribution in [0.25, 0.3) is 0 Å². The number of hydrogen-bond acceptors (Lipinski definition) is 3. The Hall–Kier alpha value is -1.88. The van der Waals surface area contributed by atoms with Crippen molar-refractivity contribution in [1.82, 2.24) is 10.2 Å². The van der Waals surface area contributed by atoms with Crippen LogP contribution in [0.2, 0.25) is 0 Å². The summed E-state index contributed by atoms with van der Waals surface area (Å²) in [5.74, 6) is 0.798. The second kappa shape index (κ2) is 5.63. The van der Waals surface area contributed by atoms with Gasteiger partial charge in [0.05, 0.1) is 13.2 Å². The Balaban J connectivity index is 2.53. The Bertz CT molecular complexity index is 595. The largest absolute Gasteiger partial charge is 0.497 e. The molecule has 20 heavy (non-hydrogen) atoms. The van der Waals surface area contributed by atoms with Gasteiger partial charge >= 0.3 is 0 Å². The topological polar surface area (TPSA) is 41.6 Å². The maximum absolute atomic E-state index is 12.0. The van der Waals surface area contributed by atoms with E-state index in [1.54, 1.807) is 14.0 Å². The molecule has 106 valence electrons. The second-order valence-electron chi connectivity index (χ2n) is 4.77. The molecule has 2 rings (SSSR count). The van der Waals surface area contributed by atoms with E-state index >= 15 is 0 Å². The highest BCUT2D eigenvalue weighted by Crippen LogP contribution is 2.31. The van der Waals surface area contributed by atoms with Gasteiger partial charge in [-0.25, -0.2) is 0 Å². The van der Waals surface area contributed by atoms with Crippen molar-refractivity contribution in [2.75, 3.05) is 14.2 Å². The van der Waals surface area contributed by atoms with Crippen LogP contribution in [-0.2, 0) is 4.79 Å². The van der Waals surface area contributed by atoms with Gasteiger partial charge in [-0.15, -0.1) is 0 Å². The Morgan fingerprint density at radius 1 is 1.45 bits per heavy atom. The van der Waals surface area contributed by atoms with Crippen molar-refractivity contribution in [3.05, 3.63) is 41.1 Å². The predicted octanol–water partition coefficient (Wildman–Crippen LogP) is 2.42. The minimum Gasteiger partial charge on any atom is -0.497 e. The average Bonchev–Trinajstić information content (AvgIpc) is 2.43. The molecule has 1 aliphatic heterocycles. The zero-order valence-electron chi connectivity index (χ0n) is 12.1. The van der Waals surface area contributed by atoms with Crippen LogP contribution in [0.1, 0.15) is 25.5 Å². The number of nitrogens with one attached hydrogen (secondary N) is 1. The Kier molecular flexibility index (Phi) is 4.09. The Morgan fingerprint density at radius 3 is 2.75 bits per heavy atom. The lowest BCUT2D eigenvalue weighted by Crippen LogP contribution is -2.45. The van der Waals surface area contributed by atoms with E-state index in [0.29, 0.717) is 5.11 Å². The van der Waals surface area contributed by atoms with Gasteiger partial charge < -0.3 is 15.0 Å². The van der Waals surface area contributed by atoms with E-state index in [-0.39, 0.29) is 11.8 Å². The SMILES string of the molecule is COc1cccc(C2NC(=S)N(C)C(C)=C2C(C)=O)c1. The van der Waals surface area contributed by atoms with Gasteiger partial charge in [-0.2, -0.15) is 0 Å². The van der Waals surface area contributed by atoms with Crippen molar-refractivity contribution in [3.8, 4) is 5.75 Å². The maximum Gasteiger partial charge on any atom is 0.173 e. The quantitative estimate of drug-likeness (QED) is 0.866. The first-order chi connectivity index (χ1) is 9.45. The zero-order valence-corrected chi connectivity index (χ0v) is 12.9. The number of Topliss-reactive ketones (excluding diaryl/α,β-unsaturated/α-hetero) is 1. The number of carbonyl (C=O) groups excluding carboxylic acids is 1. The molecular formula is C15H18N2O2S. The summed E-state index contributed by atoms with van der Waals surface area (Å²) in [6.07, 6.45) is 0. The lowest BCUT2D eigenvalue weighted by atomic mass is 9.92. The van der Waals surface area contributed by atoms with Crippen molar-refractivity contribution < 1.29 is 9.53 Å². The molecule has 1 atom stereocenters. The molecule has 4 nitrogen and oxygen atoms in total. The molecule has 0 saturated carbocycles. The third-order valence-electron chi connectivity index (χ3n) is 3.56. The summed E-state index contributed by atoms with van der Waals surface area (Å²) in [6.45, 7) is 3.49. The number of hydrogen-bond donors (Lipinski definition) is 1. The first kappa shape index (κ1) is 14.5. The van der Waals surface area contributed by atoms with E-state index in [1.165, 1.54) is 0 Å². The van der Waals surface area contributed by atoms with Crippen molar-refractivity contribution in [1.29, 1.82) is 0 Å². The molecule has 0 aliphatic carbocycles. The van der Waals surface area contributed by atoms with Gasteiger partial charge in [0.15, 0.2) is 10.9 Å². The molecule has 5 heteroatoms. The van der Waals surface area contributed by atoms with E-state index in [9.17, 15) is 4.79 Å². The van der Waals surface area contributed by atoms with Gasteiger partial charge in [0.25, 0.3) is 0 Å². The predicted molar refractivity (Wildman–Crippen MR) is 82.6 cm³/mol. The fraction of sp³-hybridized carbons (Fsp3) is 0.333. The Morgan fingerprint density at radius 2 is 2.15 bits per heavy atom. The molecular weight excluding hydrogens is 272 g/mol. The van der Waals surface area contributed by atoms with Gasteiger partial charge in [0, 0.05) is 18.3 Å². The molecule has 0 amide bonds. The minimum absolute atomic E-state index is 0.0390. The summed E-state index contributed by atoms with van der Waals surface area (Å²) in [5.41, 5.74) is 2.58. The van der Waals surface area contributed by atoms with Crippen molar-refractivity contribution >= 4 is 23.1 Å². The lowest BCUT2D eigenvalue weighted by molar-refractivity contribution is -0.114. The fourth-order valence-corrected chi connectivity index (χ4v) is 2.62. The van der Waals surface area contributed by atoms with E-state index in [4.69, 9.17) is 17.0 Å². The first-order valence-electron chi connectivity index (χ1n) is 6.35. The summed E-state index contributed by atoms with van der Waals surface area (Å²) in [4.78, 5) is 13.8. The van der Waals surface area contributed by atoms with Crippen molar-refractivity contribution in [3.63, 3.8) is 0 Å². The van der Waals surface area contributed by atoms with Gasteiger partial charge in [-0.1, -0.05) is 12.1 Å². The summed E-state index contributed by atoms with van der Waals surface area (Å²) >= 11 is 5.32. The summed E-state index contributed by atoms with van der Waals surface area (Å²) in [6, 6.07) is 7.43. The van der Waals surface area contributed by atoms with Crippen LogP contribution in [0.4, 0.5) is 0 Å². The number of benzene rings is 1.